The smallest absolute Gasteiger partial charge is 0.230 e. The van der Waals surface area contributed by atoms with Gasteiger partial charge in [-0.05, 0) is 17.5 Å². The van der Waals surface area contributed by atoms with E-state index in [2.05, 4.69) is 46.2 Å². The molecule has 3 aromatic rings. The summed E-state index contributed by atoms with van der Waals surface area (Å²) in [5.41, 5.74) is 2.42. The van der Waals surface area contributed by atoms with Crippen molar-refractivity contribution in [3.8, 4) is 5.88 Å². The first-order valence-electron chi connectivity index (χ1n) is 10.2. The van der Waals surface area contributed by atoms with Crippen molar-refractivity contribution in [3.05, 3.63) is 46.1 Å². The molecule has 0 radical (unpaired) electrons. The maximum Gasteiger partial charge on any atom is 0.230 e. The lowest BCUT2D eigenvalue weighted by molar-refractivity contribution is -0.130. The molecule has 0 saturated carbocycles. The van der Waals surface area contributed by atoms with Gasteiger partial charge in [0.15, 0.2) is 5.82 Å². The van der Waals surface area contributed by atoms with Gasteiger partial charge in [0.1, 0.15) is 0 Å². The molecule has 29 heavy (non-hydrogen) atoms. The first-order valence-corrected chi connectivity index (χ1v) is 11.0. The van der Waals surface area contributed by atoms with Gasteiger partial charge in [0.2, 0.25) is 16.7 Å². The van der Waals surface area contributed by atoms with Crippen LogP contribution in [0.2, 0.25) is 0 Å². The number of hydrogen-bond donors (Lipinski definition) is 1. The minimum Gasteiger partial charge on any atom is -0.492 e. The van der Waals surface area contributed by atoms with Crippen LogP contribution in [0.4, 0.5) is 0 Å². The lowest BCUT2D eigenvalue weighted by Crippen LogP contribution is -2.49. The van der Waals surface area contributed by atoms with Crippen LogP contribution in [0.15, 0.2) is 24.3 Å². The molecule has 0 spiro atoms. The second-order valence-corrected chi connectivity index (χ2v) is 8.41. The number of aryl methyl sites for hydroxylation is 2. The van der Waals surface area contributed by atoms with Crippen LogP contribution in [0.5, 0.6) is 5.88 Å². The van der Waals surface area contributed by atoms with E-state index in [1.165, 1.54) is 16.9 Å². The fraction of sp³-hybridized carbons (Fsp3) is 0.476. The largest absolute Gasteiger partial charge is 0.492 e. The number of carbonyl (C=O) groups excluding carboxylic acids is 1. The molecule has 7 nitrogen and oxygen atoms in total. The highest BCUT2D eigenvalue weighted by atomic mass is 32.1. The quantitative estimate of drug-likeness (QED) is 0.696. The Morgan fingerprint density at radius 1 is 1.14 bits per heavy atom. The van der Waals surface area contributed by atoms with Gasteiger partial charge in [-0.1, -0.05) is 49.4 Å². The molecule has 4 rings (SSSR count). The average molecular weight is 414 g/mol. The van der Waals surface area contributed by atoms with Crippen molar-refractivity contribution >= 4 is 22.2 Å². The van der Waals surface area contributed by atoms with Gasteiger partial charge >= 0.3 is 0 Å². The Morgan fingerprint density at radius 3 is 2.38 bits per heavy atom. The number of nitrogens with zero attached hydrogens (tertiary/aromatic N) is 5. The summed E-state index contributed by atoms with van der Waals surface area (Å²) >= 11 is 1.49. The molecule has 1 aliphatic heterocycles. The molecule has 1 fully saturated rings. The summed E-state index contributed by atoms with van der Waals surface area (Å²) in [4.78, 5) is 22.1. The molecule has 0 bridgehead atoms. The summed E-state index contributed by atoms with van der Waals surface area (Å²) in [6, 6.07) is 8.50. The van der Waals surface area contributed by atoms with E-state index in [0.717, 1.165) is 42.2 Å². The van der Waals surface area contributed by atoms with Crippen molar-refractivity contribution in [2.24, 2.45) is 0 Å². The normalized spacial score (nSPS) is 16.4. The van der Waals surface area contributed by atoms with Crippen LogP contribution in [-0.2, 0) is 17.6 Å². The molecule has 154 valence electrons. The van der Waals surface area contributed by atoms with Crippen molar-refractivity contribution in [1.82, 2.24) is 24.4 Å². The predicted molar refractivity (Wildman–Crippen MR) is 113 cm³/mol. The third kappa shape index (κ3) is 3.74. The summed E-state index contributed by atoms with van der Waals surface area (Å²) in [5, 5.41) is 15.4. The van der Waals surface area contributed by atoms with Crippen molar-refractivity contribution in [1.29, 1.82) is 0 Å². The number of benzene rings is 1. The van der Waals surface area contributed by atoms with E-state index in [1.807, 2.05) is 11.8 Å². The zero-order valence-electron chi connectivity index (χ0n) is 17.1. The van der Waals surface area contributed by atoms with E-state index in [0.29, 0.717) is 18.1 Å². The van der Waals surface area contributed by atoms with Gasteiger partial charge in [-0.15, -0.1) is 5.10 Å². The number of hydrogen-bond acceptors (Lipinski definition) is 6. The standard InChI is InChI=1S/C21H27N5O2S/c1-4-15-6-8-16(9-7-15)18(25-12-10-24(11-13-25)14(3)27)19-20(28)26-21(29-19)22-17(5-2)23-26/h6-9,18,28H,4-5,10-13H2,1-3H3. The number of amides is 1. The second-order valence-electron chi connectivity index (χ2n) is 7.41. The van der Waals surface area contributed by atoms with Gasteiger partial charge < -0.3 is 10.0 Å². The third-order valence-corrected chi connectivity index (χ3v) is 6.71. The highest BCUT2D eigenvalue weighted by Gasteiger charge is 2.32. The van der Waals surface area contributed by atoms with Crippen molar-refractivity contribution in [2.75, 3.05) is 26.2 Å². The van der Waals surface area contributed by atoms with Gasteiger partial charge in [-0.2, -0.15) is 4.52 Å². The van der Waals surface area contributed by atoms with Crippen LogP contribution in [0.25, 0.3) is 4.96 Å². The monoisotopic (exact) mass is 413 g/mol. The van der Waals surface area contributed by atoms with Crippen molar-refractivity contribution < 1.29 is 9.90 Å². The third-order valence-electron chi connectivity index (χ3n) is 5.64. The summed E-state index contributed by atoms with van der Waals surface area (Å²) in [6.07, 6.45) is 1.72. The maximum atomic E-state index is 11.7. The molecule has 3 heterocycles. The Labute approximate surface area is 174 Å². The number of aromatic nitrogens is 3. The van der Waals surface area contributed by atoms with Crippen LogP contribution in [0, 0.1) is 0 Å². The zero-order valence-corrected chi connectivity index (χ0v) is 17.9. The summed E-state index contributed by atoms with van der Waals surface area (Å²) in [7, 11) is 0. The minimum absolute atomic E-state index is 0.0893. The van der Waals surface area contributed by atoms with Crippen molar-refractivity contribution in [3.63, 3.8) is 0 Å². The molecule has 1 aromatic carbocycles. The van der Waals surface area contributed by atoms with Gasteiger partial charge in [0.25, 0.3) is 0 Å². The molecule has 1 amide bonds. The van der Waals surface area contributed by atoms with Crippen LogP contribution in [0.3, 0.4) is 0 Å². The predicted octanol–water partition coefficient (Wildman–Crippen LogP) is 2.87. The first kappa shape index (κ1) is 19.8. The lowest BCUT2D eigenvalue weighted by atomic mass is 10.0. The van der Waals surface area contributed by atoms with E-state index in [1.54, 1.807) is 11.4 Å². The molecular formula is C21H27N5O2S. The molecule has 8 heteroatoms. The molecule has 1 atom stereocenters. The molecule has 1 saturated heterocycles. The Hall–Kier alpha value is -2.45. The molecular weight excluding hydrogens is 386 g/mol. The number of thiazole rings is 1. The van der Waals surface area contributed by atoms with Gasteiger partial charge in [0, 0.05) is 39.5 Å². The summed E-state index contributed by atoms with van der Waals surface area (Å²) in [5.74, 6) is 1.01. The Balaban J connectivity index is 1.73. The topological polar surface area (TPSA) is 74.0 Å². The maximum absolute atomic E-state index is 11.7. The SMILES string of the molecule is CCc1ccc(C(c2sc3nc(CC)nn3c2O)N2CCN(C(C)=O)CC2)cc1. The van der Waals surface area contributed by atoms with Crippen LogP contribution < -0.4 is 0 Å². The fourth-order valence-corrected chi connectivity index (χ4v) is 5.01. The average Bonchev–Trinajstić information content (AvgIpc) is 3.28. The number of rotatable bonds is 5. The molecule has 1 N–H and O–H groups in total. The Morgan fingerprint density at radius 2 is 1.83 bits per heavy atom. The van der Waals surface area contributed by atoms with E-state index in [4.69, 9.17) is 0 Å². The van der Waals surface area contributed by atoms with Gasteiger partial charge in [0.05, 0.1) is 10.9 Å². The van der Waals surface area contributed by atoms with E-state index in [9.17, 15) is 9.90 Å². The van der Waals surface area contributed by atoms with Crippen molar-refractivity contribution in [2.45, 2.75) is 39.7 Å². The zero-order chi connectivity index (χ0) is 20.5. The number of aromatic hydroxyl groups is 1. The van der Waals surface area contributed by atoms with E-state index in [-0.39, 0.29) is 17.8 Å². The fourth-order valence-electron chi connectivity index (χ4n) is 3.88. The van der Waals surface area contributed by atoms with Gasteiger partial charge in [-0.25, -0.2) is 4.98 Å². The lowest BCUT2D eigenvalue weighted by Gasteiger charge is -2.38. The molecule has 2 aromatic heterocycles. The highest BCUT2D eigenvalue weighted by Crippen LogP contribution is 2.40. The van der Waals surface area contributed by atoms with E-state index >= 15 is 0 Å². The molecule has 1 aliphatic rings. The number of piperazine rings is 1. The van der Waals surface area contributed by atoms with Crippen LogP contribution in [-0.4, -0.2) is 61.6 Å². The minimum atomic E-state index is -0.0893. The first-order chi connectivity index (χ1) is 14.0. The summed E-state index contributed by atoms with van der Waals surface area (Å²) < 4.78 is 1.55. The number of carbonyl (C=O) groups is 1. The van der Waals surface area contributed by atoms with E-state index < -0.39 is 0 Å². The van der Waals surface area contributed by atoms with Gasteiger partial charge in [-0.3, -0.25) is 9.69 Å². The second kappa shape index (κ2) is 8.12. The van der Waals surface area contributed by atoms with Crippen LogP contribution in [0.1, 0.15) is 48.6 Å². The van der Waals surface area contributed by atoms with Crippen LogP contribution >= 0.6 is 11.3 Å². The Kier molecular flexibility index (Phi) is 5.56. The highest BCUT2D eigenvalue weighted by molar-refractivity contribution is 7.17. The Bertz CT molecular complexity index is 1000. The summed E-state index contributed by atoms with van der Waals surface area (Å²) in [6.45, 7) is 8.67. The number of fused-ring (bicyclic) bond motifs is 1. The molecule has 1 unspecified atom stereocenters. The molecule has 0 aliphatic carbocycles.